The molecule has 0 saturated heterocycles. The summed E-state index contributed by atoms with van der Waals surface area (Å²) in [7, 11) is 0. The second kappa shape index (κ2) is 6.58. The van der Waals surface area contributed by atoms with Crippen LogP contribution in [0.25, 0.3) is 0 Å². The van der Waals surface area contributed by atoms with Crippen molar-refractivity contribution in [3.8, 4) is 0 Å². The zero-order chi connectivity index (χ0) is 14.7. The van der Waals surface area contributed by atoms with E-state index in [4.69, 9.17) is 10.3 Å². The molecule has 1 aromatic carbocycles. The lowest BCUT2D eigenvalue weighted by Gasteiger charge is -2.23. The van der Waals surface area contributed by atoms with Crippen LogP contribution in [-0.4, -0.2) is 16.2 Å². The summed E-state index contributed by atoms with van der Waals surface area (Å²) in [6.07, 6.45) is 4.17. The van der Waals surface area contributed by atoms with Crippen molar-refractivity contribution in [2.24, 2.45) is 5.73 Å². The summed E-state index contributed by atoms with van der Waals surface area (Å²) in [4.78, 5) is 5.32. The van der Waals surface area contributed by atoms with Crippen LogP contribution in [0, 0.1) is 5.82 Å². The molecule has 4 nitrogen and oxygen atoms in total. The molecule has 0 radical (unpaired) electrons. The standard InChI is InChI=1S/C15H18FN3OS/c16-11-4-2-6-13(8-11)21-9-14-18-15(20-19-14)10-3-1-5-12(17)7-10/h2,4,6,8,10,12H,1,3,5,7,9,17H2. The largest absolute Gasteiger partial charge is 0.339 e. The molecule has 0 amide bonds. The van der Waals surface area contributed by atoms with Gasteiger partial charge in [-0.15, -0.1) is 11.8 Å². The Morgan fingerprint density at radius 1 is 1.38 bits per heavy atom. The molecule has 112 valence electrons. The number of rotatable bonds is 4. The molecular weight excluding hydrogens is 289 g/mol. The van der Waals surface area contributed by atoms with E-state index in [0.29, 0.717) is 17.5 Å². The molecule has 2 unspecified atom stereocenters. The van der Waals surface area contributed by atoms with Gasteiger partial charge >= 0.3 is 0 Å². The van der Waals surface area contributed by atoms with Gasteiger partial charge in [0.2, 0.25) is 5.89 Å². The Balaban J connectivity index is 1.60. The minimum Gasteiger partial charge on any atom is -0.339 e. The molecule has 2 atom stereocenters. The lowest BCUT2D eigenvalue weighted by molar-refractivity contribution is 0.297. The topological polar surface area (TPSA) is 64.9 Å². The van der Waals surface area contributed by atoms with Crippen molar-refractivity contribution in [2.75, 3.05) is 0 Å². The first kappa shape index (κ1) is 14.5. The SMILES string of the molecule is NC1CCCC(c2nc(CSc3cccc(F)c3)no2)C1. The number of nitrogens with zero attached hydrogens (tertiary/aromatic N) is 2. The minimum absolute atomic E-state index is 0.231. The highest BCUT2D eigenvalue weighted by Gasteiger charge is 2.25. The van der Waals surface area contributed by atoms with E-state index in [1.54, 1.807) is 6.07 Å². The maximum Gasteiger partial charge on any atom is 0.229 e. The third-order valence-electron chi connectivity index (χ3n) is 3.71. The van der Waals surface area contributed by atoms with Gasteiger partial charge in [0, 0.05) is 16.9 Å². The molecule has 0 spiro atoms. The van der Waals surface area contributed by atoms with Crippen LogP contribution in [0.15, 0.2) is 33.7 Å². The summed E-state index contributed by atoms with van der Waals surface area (Å²) in [6.45, 7) is 0. The minimum atomic E-state index is -0.231. The Morgan fingerprint density at radius 3 is 3.10 bits per heavy atom. The summed E-state index contributed by atoms with van der Waals surface area (Å²) in [5.74, 6) is 1.98. The zero-order valence-corrected chi connectivity index (χ0v) is 12.5. The van der Waals surface area contributed by atoms with Crippen LogP contribution in [-0.2, 0) is 5.75 Å². The first-order valence-electron chi connectivity index (χ1n) is 7.17. The Kier molecular flexibility index (Phi) is 4.55. The number of nitrogens with two attached hydrogens (primary N) is 1. The van der Waals surface area contributed by atoms with Crippen molar-refractivity contribution in [3.63, 3.8) is 0 Å². The van der Waals surface area contributed by atoms with Crippen molar-refractivity contribution in [3.05, 3.63) is 41.8 Å². The van der Waals surface area contributed by atoms with Gasteiger partial charge in [0.1, 0.15) is 5.82 Å². The van der Waals surface area contributed by atoms with Gasteiger partial charge < -0.3 is 10.3 Å². The van der Waals surface area contributed by atoms with Gasteiger partial charge in [-0.1, -0.05) is 17.6 Å². The van der Waals surface area contributed by atoms with Gasteiger partial charge in [0.05, 0.1) is 5.75 Å². The van der Waals surface area contributed by atoms with Crippen LogP contribution in [0.3, 0.4) is 0 Å². The number of thioether (sulfide) groups is 1. The first-order chi connectivity index (χ1) is 10.2. The predicted molar refractivity (Wildman–Crippen MR) is 79.4 cm³/mol. The van der Waals surface area contributed by atoms with Crippen molar-refractivity contribution < 1.29 is 8.91 Å². The second-order valence-electron chi connectivity index (χ2n) is 5.42. The predicted octanol–water partition coefficient (Wildman–Crippen LogP) is 3.49. The Bertz CT molecular complexity index is 604. The maximum absolute atomic E-state index is 13.1. The lowest BCUT2D eigenvalue weighted by Crippen LogP contribution is -2.26. The van der Waals surface area contributed by atoms with Crippen molar-refractivity contribution >= 4 is 11.8 Å². The van der Waals surface area contributed by atoms with Gasteiger partial charge in [0.25, 0.3) is 0 Å². The van der Waals surface area contributed by atoms with Crippen LogP contribution < -0.4 is 5.73 Å². The molecule has 0 bridgehead atoms. The molecular formula is C15H18FN3OS. The third-order valence-corrected chi connectivity index (χ3v) is 4.70. The highest BCUT2D eigenvalue weighted by Crippen LogP contribution is 2.31. The molecule has 3 rings (SSSR count). The Morgan fingerprint density at radius 2 is 2.29 bits per heavy atom. The van der Waals surface area contributed by atoms with Gasteiger partial charge in [0.15, 0.2) is 5.82 Å². The second-order valence-corrected chi connectivity index (χ2v) is 6.47. The van der Waals surface area contributed by atoms with E-state index in [0.717, 1.165) is 30.6 Å². The zero-order valence-electron chi connectivity index (χ0n) is 11.7. The van der Waals surface area contributed by atoms with E-state index < -0.39 is 0 Å². The summed E-state index contributed by atoms with van der Waals surface area (Å²) in [5.41, 5.74) is 5.99. The highest BCUT2D eigenvalue weighted by molar-refractivity contribution is 7.98. The number of benzene rings is 1. The average Bonchev–Trinajstić information content (AvgIpc) is 2.94. The number of halogens is 1. The molecule has 1 heterocycles. The molecule has 1 aromatic heterocycles. The number of hydrogen-bond donors (Lipinski definition) is 1. The van der Waals surface area contributed by atoms with Crippen molar-refractivity contribution in [2.45, 2.75) is 48.3 Å². The molecule has 21 heavy (non-hydrogen) atoms. The number of hydrogen-bond acceptors (Lipinski definition) is 5. The fraction of sp³-hybridized carbons (Fsp3) is 0.467. The molecule has 1 saturated carbocycles. The van der Waals surface area contributed by atoms with E-state index in [1.165, 1.54) is 23.9 Å². The number of aromatic nitrogens is 2. The Hall–Kier alpha value is -1.40. The van der Waals surface area contributed by atoms with Crippen LogP contribution in [0.2, 0.25) is 0 Å². The summed E-state index contributed by atoms with van der Waals surface area (Å²) < 4.78 is 18.5. The van der Waals surface area contributed by atoms with Crippen LogP contribution in [0.5, 0.6) is 0 Å². The maximum atomic E-state index is 13.1. The van der Waals surface area contributed by atoms with E-state index in [2.05, 4.69) is 10.1 Å². The average molecular weight is 307 g/mol. The van der Waals surface area contributed by atoms with Crippen LogP contribution >= 0.6 is 11.8 Å². The molecule has 1 fully saturated rings. The van der Waals surface area contributed by atoms with Crippen LogP contribution in [0.4, 0.5) is 4.39 Å². The summed E-state index contributed by atoms with van der Waals surface area (Å²) in [5, 5.41) is 4.01. The fourth-order valence-electron chi connectivity index (χ4n) is 2.65. The molecule has 0 aliphatic heterocycles. The molecule has 6 heteroatoms. The van der Waals surface area contributed by atoms with Gasteiger partial charge in [-0.25, -0.2) is 4.39 Å². The van der Waals surface area contributed by atoms with Gasteiger partial charge in [-0.05, 0) is 37.5 Å². The van der Waals surface area contributed by atoms with E-state index in [1.807, 2.05) is 6.07 Å². The Labute approximate surface area is 127 Å². The molecule has 1 aliphatic rings. The monoisotopic (exact) mass is 307 g/mol. The van der Waals surface area contributed by atoms with E-state index in [9.17, 15) is 4.39 Å². The normalized spacial score (nSPS) is 22.4. The molecule has 2 N–H and O–H groups in total. The fourth-order valence-corrected chi connectivity index (χ4v) is 3.43. The summed E-state index contributed by atoms with van der Waals surface area (Å²) >= 11 is 1.50. The first-order valence-corrected chi connectivity index (χ1v) is 8.15. The molecule has 1 aliphatic carbocycles. The van der Waals surface area contributed by atoms with Gasteiger partial charge in [-0.3, -0.25) is 0 Å². The van der Waals surface area contributed by atoms with Crippen molar-refractivity contribution in [1.82, 2.24) is 10.1 Å². The van der Waals surface area contributed by atoms with E-state index >= 15 is 0 Å². The smallest absolute Gasteiger partial charge is 0.229 e. The van der Waals surface area contributed by atoms with E-state index in [-0.39, 0.29) is 17.8 Å². The lowest BCUT2D eigenvalue weighted by atomic mass is 9.86. The summed E-state index contributed by atoms with van der Waals surface area (Å²) in [6, 6.07) is 6.74. The van der Waals surface area contributed by atoms with Gasteiger partial charge in [-0.2, -0.15) is 4.98 Å². The quantitative estimate of drug-likeness (QED) is 0.876. The van der Waals surface area contributed by atoms with Crippen molar-refractivity contribution in [1.29, 1.82) is 0 Å². The molecule has 2 aromatic rings. The highest BCUT2D eigenvalue weighted by atomic mass is 32.2. The van der Waals surface area contributed by atoms with Crippen LogP contribution in [0.1, 0.15) is 43.3 Å². The third kappa shape index (κ3) is 3.83.